The third kappa shape index (κ3) is 5.67. The van der Waals surface area contributed by atoms with Gasteiger partial charge in [0, 0.05) is 11.8 Å². The topological polar surface area (TPSA) is 86.7 Å². The summed E-state index contributed by atoms with van der Waals surface area (Å²) >= 11 is 0. The highest BCUT2D eigenvalue weighted by atomic mass is 16.5. The Labute approximate surface area is 174 Å². The number of rotatable bonds is 14. The highest BCUT2D eigenvalue weighted by Crippen LogP contribution is 2.58. The summed E-state index contributed by atoms with van der Waals surface area (Å²) < 4.78 is 10.6. The Bertz CT molecular complexity index is 556. The van der Waals surface area contributed by atoms with Crippen molar-refractivity contribution >= 4 is 24.5 Å². The Morgan fingerprint density at radius 2 is 0.966 bits per heavy atom. The molecule has 29 heavy (non-hydrogen) atoms. The van der Waals surface area contributed by atoms with Gasteiger partial charge in [-0.3, -0.25) is 9.59 Å². The lowest BCUT2D eigenvalue weighted by Crippen LogP contribution is -2.12. The maximum atomic E-state index is 12.0. The Morgan fingerprint density at radius 3 is 1.24 bits per heavy atom. The van der Waals surface area contributed by atoms with Crippen molar-refractivity contribution < 1.29 is 28.7 Å². The molecule has 2 aliphatic carbocycles. The van der Waals surface area contributed by atoms with Crippen LogP contribution >= 0.6 is 0 Å². The normalized spacial score (nSPS) is 28.3. The molecule has 164 valence electrons. The van der Waals surface area contributed by atoms with E-state index in [1.807, 2.05) is 27.7 Å². The van der Waals surface area contributed by atoms with E-state index in [2.05, 4.69) is 0 Å². The summed E-state index contributed by atoms with van der Waals surface area (Å²) in [5, 5.41) is 0. The summed E-state index contributed by atoms with van der Waals surface area (Å²) in [5.41, 5.74) is -0.504. The minimum absolute atomic E-state index is 0.198. The van der Waals surface area contributed by atoms with Crippen LogP contribution in [0.1, 0.15) is 72.6 Å². The van der Waals surface area contributed by atoms with Gasteiger partial charge in [-0.25, -0.2) is 0 Å². The Hall–Kier alpha value is -1.72. The zero-order valence-corrected chi connectivity index (χ0v) is 18.3. The molecule has 0 aliphatic heterocycles. The molecule has 0 amide bonds. The summed E-state index contributed by atoms with van der Waals surface area (Å²) in [6.45, 7) is 8.54. The molecular weight excluding hydrogens is 372 g/mol. The van der Waals surface area contributed by atoms with Crippen molar-refractivity contribution in [1.29, 1.82) is 0 Å². The highest BCUT2D eigenvalue weighted by Gasteiger charge is 2.63. The lowest BCUT2D eigenvalue weighted by molar-refractivity contribution is -0.147. The number of hydrogen-bond donors (Lipinski definition) is 0. The van der Waals surface area contributed by atoms with E-state index in [4.69, 9.17) is 9.47 Å². The fraction of sp³-hybridized carbons (Fsp3) is 0.826. The fourth-order valence-electron chi connectivity index (χ4n) is 4.38. The molecule has 0 N–H and O–H groups in total. The average molecular weight is 409 g/mol. The second-order valence-corrected chi connectivity index (χ2v) is 9.73. The summed E-state index contributed by atoms with van der Waals surface area (Å²) in [5.74, 6) is -1.42. The SMILES string of the molecule is CC1(C)[C@H](C(=O)OCCCCCCCCCOC(=O)[C@@H]2[C@H](C=O)C2(C)C)[C@@H]1C=O. The molecule has 2 fully saturated rings. The maximum Gasteiger partial charge on any atom is 0.310 e. The van der Waals surface area contributed by atoms with Crippen LogP contribution in [0.25, 0.3) is 0 Å². The molecule has 6 heteroatoms. The number of esters is 2. The minimum Gasteiger partial charge on any atom is -0.465 e. The smallest absolute Gasteiger partial charge is 0.310 e. The summed E-state index contributed by atoms with van der Waals surface area (Å²) in [4.78, 5) is 45.7. The van der Waals surface area contributed by atoms with Crippen LogP contribution in [0.4, 0.5) is 0 Å². The van der Waals surface area contributed by atoms with E-state index in [-0.39, 0.29) is 46.4 Å². The lowest BCUT2D eigenvalue weighted by atomic mass is 10.1. The quantitative estimate of drug-likeness (QED) is 0.247. The van der Waals surface area contributed by atoms with Crippen LogP contribution in [-0.4, -0.2) is 37.7 Å². The molecule has 0 heterocycles. The van der Waals surface area contributed by atoms with Crippen LogP contribution in [0, 0.1) is 34.5 Å². The third-order valence-corrected chi connectivity index (χ3v) is 6.90. The van der Waals surface area contributed by atoms with Crippen LogP contribution in [-0.2, 0) is 28.7 Å². The van der Waals surface area contributed by atoms with Crippen LogP contribution < -0.4 is 0 Å². The number of hydrogen-bond acceptors (Lipinski definition) is 6. The number of carbonyl (C=O) groups excluding carboxylic acids is 4. The van der Waals surface area contributed by atoms with E-state index in [0.29, 0.717) is 13.2 Å². The molecule has 0 aromatic heterocycles. The largest absolute Gasteiger partial charge is 0.465 e. The van der Waals surface area contributed by atoms with Gasteiger partial charge in [-0.2, -0.15) is 0 Å². The number of unbranched alkanes of at least 4 members (excludes halogenated alkanes) is 6. The molecule has 4 atom stereocenters. The van der Waals surface area contributed by atoms with E-state index in [0.717, 1.165) is 57.5 Å². The highest BCUT2D eigenvalue weighted by molar-refractivity contribution is 5.84. The van der Waals surface area contributed by atoms with Crippen molar-refractivity contribution in [3.05, 3.63) is 0 Å². The van der Waals surface area contributed by atoms with Crippen LogP contribution in [0.3, 0.4) is 0 Å². The minimum atomic E-state index is -0.274. The van der Waals surface area contributed by atoms with Crippen molar-refractivity contribution in [2.24, 2.45) is 34.5 Å². The second-order valence-electron chi connectivity index (χ2n) is 9.73. The first-order valence-corrected chi connectivity index (χ1v) is 10.9. The van der Waals surface area contributed by atoms with Crippen molar-refractivity contribution in [1.82, 2.24) is 0 Å². The summed E-state index contributed by atoms with van der Waals surface area (Å²) in [6.07, 6.45) is 8.71. The van der Waals surface area contributed by atoms with E-state index >= 15 is 0 Å². The number of carbonyl (C=O) groups is 4. The zero-order valence-electron chi connectivity index (χ0n) is 18.3. The van der Waals surface area contributed by atoms with E-state index in [9.17, 15) is 19.2 Å². The number of ether oxygens (including phenoxy) is 2. The van der Waals surface area contributed by atoms with Crippen molar-refractivity contribution in [3.63, 3.8) is 0 Å². The van der Waals surface area contributed by atoms with Crippen molar-refractivity contribution in [2.45, 2.75) is 72.6 Å². The van der Waals surface area contributed by atoms with Crippen LogP contribution in [0.5, 0.6) is 0 Å². The summed E-state index contributed by atoms with van der Waals surface area (Å²) in [7, 11) is 0. The van der Waals surface area contributed by atoms with Gasteiger partial charge in [-0.15, -0.1) is 0 Å². The van der Waals surface area contributed by atoms with Gasteiger partial charge in [0.25, 0.3) is 0 Å². The molecule has 2 aliphatic rings. The molecule has 0 saturated heterocycles. The van der Waals surface area contributed by atoms with Crippen LogP contribution in [0.15, 0.2) is 0 Å². The fourth-order valence-corrected chi connectivity index (χ4v) is 4.38. The van der Waals surface area contributed by atoms with Crippen molar-refractivity contribution in [3.8, 4) is 0 Å². The Morgan fingerprint density at radius 1 is 0.655 bits per heavy atom. The molecule has 6 nitrogen and oxygen atoms in total. The van der Waals surface area contributed by atoms with Crippen molar-refractivity contribution in [2.75, 3.05) is 13.2 Å². The van der Waals surface area contributed by atoms with E-state index in [1.54, 1.807) is 0 Å². The maximum absolute atomic E-state index is 12.0. The summed E-state index contributed by atoms with van der Waals surface area (Å²) in [6, 6.07) is 0. The van der Waals surface area contributed by atoms with Gasteiger partial charge >= 0.3 is 11.9 Å². The van der Waals surface area contributed by atoms with Gasteiger partial charge in [-0.05, 0) is 23.7 Å². The second kappa shape index (κ2) is 9.86. The first kappa shape index (κ1) is 23.6. The van der Waals surface area contributed by atoms with E-state index in [1.165, 1.54) is 0 Å². The third-order valence-electron chi connectivity index (χ3n) is 6.90. The Kier molecular flexibility index (Phi) is 8.01. The predicted octanol–water partition coefficient (Wildman–Crippen LogP) is 3.75. The lowest BCUT2D eigenvalue weighted by Gasteiger charge is -2.07. The standard InChI is InChI=1S/C23H36O6/c1-22(2)16(14-24)18(22)20(26)28-12-10-8-6-5-7-9-11-13-29-21(27)19-17(15-25)23(19,3)4/h14-19H,5-13H2,1-4H3/t16-,17-,18-,19-/m0/s1. The van der Waals surface area contributed by atoms with Gasteiger partial charge in [0.15, 0.2) is 0 Å². The molecule has 2 saturated carbocycles. The molecule has 0 aromatic carbocycles. The first-order valence-electron chi connectivity index (χ1n) is 10.9. The number of aldehydes is 2. The molecule has 2 rings (SSSR count). The molecule has 0 aromatic rings. The van der Waals surface area contributed by atoms with E-state index < -0.39 is 0 Å². The first-order chi connectivity index (χ1) is 13.7. The van der Waals surface area contributed by atoms with Crippen LogP contribution in [0.2, 0.25) is 0 Å². The molecular formula is C23H36O6. The zero-order chi connectivity index (χ0) is 21.7. The van der Waals surface area contributed by atoms with Gasteiger partial charge in [-0.1, -0.05) is 59.8 Å². The van der Waals surface area contributed by atoms with Gasteiger partial charge in [0.05, 0.1) is 25.0 Å². The molecule has 0 spiro atoms. The molecule has 0 bridgehead atoms. The average Bonchev–Trinajstić information content (AvgIpc) is 3.45. The predicted molar refractivity (Wildman–Crippen MR) is 108 cm³/mol. The van der Waals surface area contributed by atoms with Gasteiger partial charge in [0.1, 0.15) is 12.6 Å². The van der Waals surface area contributed by atoms with Gasteiger partial charge < -0.3 is 19.1 Å². The molecule has 0 radical (unpaired) electrons. The Balaban J connectivity index is 1.39. The van der Waals surface area contributed by atoms with Gasteiger partial charge in [0.2, 0.25) is 0 Å². The monoisotopic (exact) mass is 408 g/mol. The molecule has 0 unspecified atom stereocenters.